The SMILES string of the molecule is CC(C)c1ccc(S(=O)(=O)N2CCN(C)CC2CN)cc1. The maximum Gasteiger partial charge on any atom is 0.243 e. The van der Waals surface area contributed by atoms with E-state index in [9.17, 15) is 8.42 Å². The van der Waals surface area contributed by atoms with Crippen molar-refractivity contribution in [2.24, 2.45) is 5.73 Å². The molecule has 0 aromatic heterocycles. The number of nitrogens with two attached hydrogens (primary N) is 1. The number of rotatable bonds is 4. The van der Waals surface area contributed by atoms with Crippen molar-refractivity contribution in [3.63, 3.8) is 0 Å². The van der Waals surface area contributed by atoms with Crippen LogP contribution < -0.4 is 5.73 Å². The first kappa shape index (κ1) is 16.4. The predicted octanol–water partition coefficient (Wildman–Crippen LogP) is 1.07. The second-order valence-corrected chi connectivity index (χ2v) is 7.88. The Bertz CT molecular complexity index is 569. The first-order valence-electron chi connectivity index (χ1n) is 7.36. The third-order valence-corrected chi connectivity index (χ3v) is 6.02. The molecule has 0 aliphatic carbocycles. The summed E-state index contributed by atoms with van der Waals surface area (Å²) in [5.41, 5.74) is 6.90. The van der Waals surface area contributed by atoms with Crippen LogP contribution in [0, 0.1) is 0 Å². The van der Waals surface area contributed by atoms with Gasteiger partial charge in [0.25, 0.3) is 0 Å². The summed E-state index contributed by atoms with van der Waals surface area (Å²) in [5.74, 6) is 0.391. The van der Waals surface area contributed by atoms with Gasteiger partial charge in [0.2, 0.25) is 10.0 Å². The zero-order valence-corrected chi connectivity index (χ0v) is 13.8. The van der Waals surface area contributed by atoms with Gasteiger partial charge in [-0.25, -0.2) is 8.42 Å². The lowest BCUT2D eigenvalue weighted by molar-refractivity contribution is 0.164. The van der Waals surface area contributed by atoms with Crippen LogP contribution in [0.3, 0.4) is 0 Å². The summed E-state index contributed by atoms with van der Waals surface area (Å²) >= 11 is 0. The standard InChI is InChI=1S/C15H25N3O2S/c1-12(2)13-4-6-15(7-5-13)21(19,20)18-9-8-17(3)11-14(18)10-16/h4-7,12,14H,8-11,16H2,1-3H3. The van der Waals surface area contributed by atoms with Gasteiger partial charge in [0.05, 0.1) is 10.9 Å². The Morgan fingerprint density at radius 3 is 2.38 bits per heavy atom. The summed E-state index contributed by atoms with van der Waals surface area (Å²) < 4.78 is 27.1. The lowest BCUT2D eigenvalue weighted by Gasteiger charge is -2.38. The molecule has 5 nitrogen and oxygen atoms in total. The van der Waals surface area contributed by atoms with E-state index < -0.39 is 10.0 Å². The molecular weight excluding hydrogens is 286 g/mol. The first-order valence-corrected chi connectivity index (χ1v) is 8.80. The van der Waals surface area contributed by atoms with Gasteiger partial charge in [0.15, 0.2) is 0 Å². The average molecular weight is 311 g/mol. The molecule has 0 bridgehead atoms. The molecule has 1 fully saturated rings. The quantitative estimate of drug-likeness (QED) is 0.903. The van der Waals surface area contributed by atoms with Crippen molar-refractivity contribution in [3.05, 3.63) is 29.8 Å². The number of hydrogen-bond acceptors (Lipinski definition) is 4. The highest BCUT2D eigenvalue weighted by molar-refractivity contribution is 7.89. The Balaban J connectivity index is 2.28. The Labute approximate surface area is 127 Å². The first-order chi connectivity index (χ1) is 9.86. The van der Waals surface area contributed by atoms with Gasteiger partial charge in [-0.2, -0.15) is 4.31 Å². The molecule has 1 heterocycles. The minimum absolute atomic E-state index is 0.154. The van der Waals surface area contributed by atoms with E-state index in [0.29, 0.717) is 30.4 Å². The van der Waals surface area contributed by atoms with Crippen molar-refractivity contribution >= 4 is 10.0 Å². The molecule has 1 aliphatic heterocycles. The summed E-state index contributed by atoms with van der Waals surface area (Å²) in [7, 11) is -1.47. The van der Waals surface area contributed by atoms with Gasteiger partial charge in [0, 0.05) is 26.2 Å². The van der Waals surface area contributed by atoms with Crippen LogP contribution in [0.15, 0.2) is 29.2 Å². The molecule has 0 spiro atoms. The zero-order chi connectivity index (χ0) is 15.6. The lowest BCUT2D eigenvalue weighted by atomic mass is 10.0. The fraction of sp³-hybridized carbons (Fsp3) is 0.600. The van der Waals surface area contributed by atoms with Gasteiger partial charge in [0.1, 0.15) is 0 Å². The van der Waals surface area contributed by atoms with E-state index in [4.69, 9.17) is 5.73 Å². The largest absolute Gasteiger partial charge is 0.329 e. The molecule has 0 amide bonds. The number of hydrogen-bond donors (Lipinski definition) is 1. The van der Waals surface area contributed by atoms with Crippen LogP contribution in [0.2, 0.25) is 0 Å². The Kier molecular flexibility index (Phi) is 5.03. The molecule has 2 rings (SSSR count). The normalized spacial score (nSPS) is 21.9. The smallest absolute Gasteiger partial charge is 0.243 e. The van der Waals surface area contributed by atoms with Crippen LogP contribution in [0.5, 0.6) is 0 Å². The van der Waals surface area contributed by atoms with Gasteiger partial charge in [-0.05, 0) is 30.7 Å². The zero-order valence-electron chi connectivity index (χ0n) is 13.0. The topological polar surface area (TPSA) is 66.6 Å². The number of benzene rings is 1. The molecule has 21 heavy (non-hydrogen) atoms. The van der Waals surface area contributed by atoms with E-state index in [1.54, 1.807) is 16.4 Å². The minimum Gasteiger partial charge on any atom is -0.329 e. The van der Waals surface area contributed by atoms with E-state index in [2.05, 4.69) is 18.7 Å². The van der Waals surface area contributed by atoms with Gasteiger partial charge in [-0.1, -0.05) is 26.0 Å². The molecule has 1 atom stereocenters. The summed E-state index contributed by atoms with van der Waals surface area (Å²) in [4.78, 5) is 2.47. The van der Waals surface area contributed by atoms with Crippen LogP contribution in [0.25, 0.3) is 0 Å². The number of piperazine rings is 1. The van der Waals surface area contributed by atoms with Crippen molar-refractivity contribution in [2.75, 3.05) is 33.2 Å². The van der Waals surface area contributed by atoms with E-state index in [-0.39, 0.29) is 6.04 Å². The lowest BCUT2D eigenvalue weighted by Crippen LogP contribution is -2.56. The Morgan fingerprint density at radius 2 is 1.86 bits per heavy atom. The highest BCUT2D eigenvalue weighted by Crippen LogP contribution is 2.23. The molecule has 1 saturated heterocycles. The summed E-state index contributed by atoms with van der Waals surface area (Å²) in [6.45, 7) is 6.43. The van der Waals surface area contributed by atoms with Crippen molar-refractivity contribution in [1.82, 2.24) is 9.21 Å². The van der Waals surface area contributed by atoms with Crippen molar-refractivity contribution in [1.29, 1.82) is 0 Å². The fourth-order valence-corrected chi connectivity index (χ4v) is 4.28. The van der Waals surface area contributed by atoms with E-state index in [1.807, 2.05) is 19.2 Å². The van der Waals surface area contributed by atoms with Crippen LogP contribution in [-0.2, 0) is 10.0 Å². The number of nitrogens with zero attached hydrogens (tertiary/aromatic N) is 2. The van der Waals surface area contributed by atoms with E-state index in [0.717, 1.165) is 12.1 Å². The van der Waals surface area contributed by atoms with Crippen LogP contribution in [0.4, 0.5) is 0 Å². The summed E-state index contributed by atoms with van der Waals surface area (Å²) in [6, 6.07) is 7.04. The number of likely N-dealkylation sites (N-methyl/N-ethyl adjacent to an activating group) is 1. The average Bonchev–Trinajstić information content (AvgIpc) is 2.46. The maximum absolute atomic E-state index is 12.8. The predicted molar refractivity (Wildman–Crippen MR) is 84.8 cm³/mol. The van der Waals surface area contributed by atoms with Crippen LogP contribution in [-0.4, -0.2) is 56.9 Å². The van der Waals surface area contributed by atoms with Gasteiger partial charge in [-0.15, -0.1) is 0 Å². The molecule has 0 radical (unpaired) electrons. The second kappa shape index (κ2) is 6.44. The minimum atomic E-state index is -3.46. The second-order valence-electron chi connectivity index (χ2n) is 5.99. The van der Waals surface area contributed by atoms with Gasteiger partial charge < -0.3 is 10.6 Å². The van der Waals surface area contributed by atoms with Crippen molar-refractivity contribution in [2.45, 2.75) is 30.7 Å². The third kappa shape index (κ3) is 3.45. The molecule has 1 aliphatic rings. The molecule has 6 heteroatoms. The Hall–Kier alpha value is -0.950. The van der Waals surface area contributed by atoms with Crippen LogP contribution in [0.1, 0.15) is 25.3 Å². The Morgan fingerprint density at radius 1 is 1.24 bits per heavy atom. The van der Waals surface area contributed by atoms with Gasteiger partial charge in [-0.3, -0.25) is 0 Å². The molecule has 2 N–H and O–H groups in total. The van der Waals surface area contributed by atoms with Gasteiger partial charge >= 0.3 is 0 Å². The molecule has 0 saturated carbocycles. The molecule has 1 aromatic rings. The molecular formula is C15H25N3O2S. The van der Waals surface area contributed by atoms with Crippen molar-refractivity contribution in [3.8, 4) is 0 Å². The van der Waals surface area contributed by atoms with E-state index >= 15 is 0 Å². The third-order valence-electron chi connectivity index (χ3n) is 4.06. The van der Waals surface area contributed by atoms with E-state index in [1.165, 1.54) is 0 Å². The molecule has 118 valence electrons. The maximum atomic E-state index is 12.8. The summed E-state index contributed by atoms with van der Waals surface area (Å²) in [5, 5.41) is 0. The van der Waals surface area contributed by atoms with Crippen LogP contribution >= 0.6 is 0 Å². The highest BCUT2D eigenvalue weighted by atomic mass is 32.2. The summed E-state index contributed by atoms with van der Waals surface area (Å²) in [6.07, 6.45) is 0. The highest BCUT2D eigenvalue weighted by Gasteiger charge is 2.34. The molecule has 1 unspecified atom stereocenters. The molecule has 1 aromatic carbocycles. The monoisotopic (exact) mass is 311 g/mol. The fourth-order valence-electron chi connectivity index (χ4n) is 2.66. The number of sulfonamides is 1. The van der Waals surface area contributed by atoms with Crippen molar-refractivity contribution < 1.29 is 8.42 Å².